The van der Waals surface area contributed by atoms with E-state index in [1.165, 1.54) is 0 Å². The molecule has 8 nitrogen and oxygen atoms in total. The number of hydrogen-bond donors (Lipinski definition) is 1. The standard InChI is InChI=1S/C23H27N3O5/c1-26-11-10-24-23(26)21(16-6-8-17(28-2)9-7-16)25-20(27)14-15-12-18(29-3)22(31-5)19(13-15)30-4/h6-13,21H,14H2,1-5H3,(H,25,27). The van der Waals surface area contributed by atoms with E-state index in [-0.39, 0.29) is 12.3 Å². The van der Waals surface area contributed by atoms with E-state index < -0.39 is 6.04 Å². The second-order valence-corrected chi connectivity index (χ2v) is 6.88. The van der Waals surface area contributed by atoms with Gasteiger partial charge in [0, 0.05) is 19.4 Å². The monoisotopic (exact) mass is 425 g/mol. The minimum Gasteiger partial charge on any atom is -0.497 e. The lowest BCUT2D eigenvalue weighted by molar-refractivity contribution is -0.121. The van der Waals surface area contributed by atoms with Gasteiger partial charge in [0.1, 0.15) is 17.6 Å². The van der Waals surface area contributed by atoms with Gasteiger partial charge in [-0.3, -0.25) is 4.79 Å². The molecule has 0 bridgehead atoms. The van der Waals surface area contributed by atoms with E-state index in [2.05, 4.69) is 10.3 Å². The predicted molar refractivity (Wildman–Crippen MR) is 116 cm³/mol. The molecule has 0 saturated heterocycles. The highest BCUT2D eigenvalue weighted by molar-refractivity contribution is 5.80. The van der Waals surface area contributed by atoms with Crippen LogP contribution in [0.1, 0.15) is 23.0 Å². The Morgan fingerprint density at radius 2 is 1.65 bits per heavy atom. The van der Waals surface area contributed by atoms with Crippen molar-refractivity contribution in [3.05, 3.63) is 65.7 Å². The molecule has 1 atom stereocenters. The lowest BCUT2D eigenvalue weighted by atomic mass is 10.0. The number of imidazole rings is 1. The number of benzene rings is 2. The van der Waals surface area contributed by atoms with Gasteiger partial charge in [0.2, 0.25) is 11.7 Å². The van der Waals surface area contributed by atoms with E-state index in [0.29, 0.717) is 17.2 Å². The van der Waals surface area contributed by atoms with Crippen LogP contribution in [0.4, 0.5) is 0 Å². The van der Waals surface area contributed by atoms with Crippen molar-refractivity contribution >= 4 is 5.91 Å². The van der Waals surface area contributed by atoms with E-state index in [0.717, 1.165) is 22.7 Å². The lowest BCUT2D eigenvalue weighted by Crippen LogP contribution is -2.32. The summed E-state index contributed by atoms with van der Waals surface area (Å²) in [7, 11) is 8.14. The van der Waals surface area contributed by atoms with Crippen molar-refractivity contribution in [1.82, 2.24) is 14.9 Å². The zero-order valence-corrected chi connectivity index (χ0v) is 18.3. The first-order valence-electron chi connectivity index (χ1n) is 9.70. The number of aryl methyl sites for hydroxylation is 1. The molecule has 2 aromatic carbocycles. The molecule has 0 aliphatic rings. The topological polar surface area (TPSA) is 83.8 Å². The maximum Gasteiger partial charge on any atom is 0.225 e. The highest BCUT2D eigenvalue weighted by Crippen LogP contribution is 2.38. The highest BCUT2D eigenvalue weighted by atomic mass is 16.5. The van der Waals surface area contributed by atoms with Gasteiger partial charge in [-0.05, 0) is 35.4 Å². The summed E-state index contributed by atoms with van der Waals surface area (Å²) in [6, 6.07) is 10.7. The predicted octanol–water partition coefficient (Wildman–Crippen LogP) is 2.90. The van der Waals surface area contributed by atoms with Crippen LogP contribution in [0, 0.1) is 0 Å². The van der Waals surface area contributed by atoms with Crippen molar-refractivity contribution in [2.45, 2.75) is 12.5 Å². The number of carbonyl (C=O) groups excluding carboxylic acids is 1. The Labute approximate surface area is 181 Å². The molecule has 164 valence electrons. The van der Waals surface area contributed by atoms with Crippen LogP contribution in [0.3, 0.4) is 0 Å². The minimum atomic E-state index is -0.416. The number of methoxy groups -OCH3 is 4. The largest absolute Gasteiger partial charge is 0.497 e. The van der Waals surface area contributed by atoms with Crippen molar-refractivity contribution in [3.8, 4) is 23.0 Å². The number of ether oxygens (including phenoxy) is 4. The molecule has 1 unspecified atom stereocenters. The summed E-state index contributed by atoms with van der Waals surface area (Å²) in [6.07, 6.45) is 3.68. The third kappa shape index (κ3) is 4.91. The number of amides is 1. The maximum absolute atomic E-state index is 13.0. The van der Waals surface area contributed by atoms with Crippen LogP contribution in [0.5, 0.6) is 23.0 Å². The first-order chi connectivity index (χ1) is 15.0. The molecule has 1 heterocycles. The molecule has 0 aliphatic carbocycles. The molecule has 0 radical (unpaired) electrons. The number of nitrogens with zero attached hydrogens (tertiary/aromatic N) is 2. The maximum atomic E-state index is 13.0. The van der Waals surface area contributed by atoms with Crippen LogP contribution < -0.4 is 24.3 Å². The molecule has 1 N–H and O–H groups in total. The van der Waals surface area contributed by atoms with Crippen LogP contribution in [-0.2, 0) is 18.3 Å². The van der Waals surface area contributed by atoms with E-state index in [9.17, 15) is 4.79 Å². The lowest BCUT2D eigenvalue weighted by Gasteiger charge is -2.20. The average Bonchev–Trinajstić information content (AvgIpc) is 3.22. The highest BCUT2D eigenvalue weighted by Gasteiger charge is 2.22. The number of nitrogens with one attached hydrogen (secondary N) is 1. The fourth-order valence-corrected chi connectivity index (χ4v) is 3.38. The summed E-state index contributed by atoms with van der Waals surface area (Å²) >= 11 is 0. The summed E-state index contributed by atoms with van der Waals surface area (Å²) in [4.78, 5) is 17.4. The molecule has 8 heteroatoms. The first-order valence-corrected chi connectivity index (χ1v) is 9.70. The third-order valence-corrected chi connectivity index (χ3v) is 4.96. The zero-order valence-electron chi connectivity index (χ0n) is 18.3. The SMILES string of the molecule is COc1ccc(C(NC(=O)Cc2cc(OC)c(OC)c(OC)c2)c2nccn2C)cc1. The van der Waals surface area contributed by atoms with Gasteiger partial charge in [0.15, 0.2) is 11.5 Å². The molecular weight excluding hydrogens is 398 g/mol. The van der Waals surface area contributed by atoms with Crippen molar-refractivity contribution in [2.24, 2.45) is 7.05 Å². The van der Waals surface area contributed by atoms with Gasteiger partial charge in [-0.25, -0.2) is 4.98 Å². The molecule has 3 aromatic rings. The molecule has 0 aliphatic heterocycles. The summed E-state index contributed by atoms with van der Waals surface area (Å²) in [5, 5.41) is 3.09. The van der Waals surface area contributed by atoms with Crippen molar-refractivity contribution < 1.29 is 23.7 Å². The number of aromatic nitrogens is 2. The van der Waals surface area contributed by atoms with Crippen LogP contribution in [0.15, 0.2) is 48.8 Å². The normalized spacial score (nSPS) is 11.5. The summed E-state index contributed by atoms with van der Waals surface area (Å²) < 4.78 is 23.2. The summed E-state index contributed by atoms with van der Waals surface area (Å²) in [5.41, 5.74) is 1.63. The first kappa shape index (κ1) is 22.0. The van der Waals surface area contributed by atoms with Crippen LogP contribution in [-0.4, -0.2) is 43.9 Å². The Morgan fingerprint density at radius 1 is 1.00 bits per heavy atom. The quantitative estimate of drug-likeness (QED) is 0.568. The van der Waals surface area contributed by atoms with Gasteiger partial charge >= 0.3 is 0 Å². The van der Waals surface area contributed by atoms with Gasteiger partial charge < -0.3 is 28.8 Å². The number of carbonyl (C=O) groups is 1. The van der Waals surface area contributed by atoms with Crippen molar-refractivity contribution in [1.29, 1.82) is 0 Å². The molecule has 0 spiro atoms. The minimum absolute atomic E-state index is 0.133. The van der Waals surface area contributed by atoms with E-state index in [1.807, 2.05) is 42.1 Å². The Morgan fingerprint density at radius 3 is 2.13 bits per heavy atom. The number of rotatable bonds is 9. The Balaban J connectivity index is 1.86. The van der Waals surface area contributed by atoms with Crippen molar-refractivity contribution in [2.75, 3.05) is 28.4 Å². The summed E-state index contributed by atoms with van der Waals surface area (Å²) in [6.45, 7) is 0. The van der Waals surface area contributed by atoms with E-state index in [4.69, 9.17) is 18.9 Å². The van der Waals surface area contributed by atoms with Crippen molar-refractivity contribution in [3.63, 3.8) is 0 Å². The Kier molecular flexibility index (Phi) is 7.02. The van der Waals surface area contributed by atoms with Gasteiger partial charge in [0.05, 0.1) is 34.9 Å². The second-order valence-electron chi connectivity index (χ2n) is 6.88. The molecule has 31 heavy (non-hydrogen) atoms. The van der Waals surface area contributed by atoms with E-state index >= 15 is 0 Å². The molecule has 1 amide bonds. The van der Waals surface area contributed by atoms with Gasteiger partial charge in [-0.2, -0.15) is 0 Å². The summed E-state index contributed by atoms with van der Waals surface area (Å²) in [5.74, 6) is 2.78. The number of hydrogen-bond acceptors (Lipinski definition) is 6. The molecule has 0 saturated carbocycles. The second kappa shape index (κ2) is 9.88. The smallest absolute Gasteiger partial charge is 0.225 e. The molecule has 3 rings (SSSR count). The molecule has 1 aromatic heterocycles. The fraction of sp³-hybridized carbons (Fsp3) is 0.304. The van der Waals surface area contributed by atoms with Gasteiger partial charge in [-0.1, -0.05) is 12.1 Å². The third-order valence-electron chi connectivity index (χ3n) is 4.96. The van der Waals surface area contributed by atoms with E-state index in [1.54, 1.807) is 46.8 Å². The van der Waals surface area contributed by atoms with Crippen LogP contribution in [0.2, 0.25) is 0 Å². The van der Waals surface area contributed by atoms with Crippen LogP contribution in [0.25, 0.3) is 0 Å². The van der Waals surface area contributed by atoms with Crippen LogP contribution >= 0.6 is 0 Å². The fourth-order valence-electron chi connectivity index (χ4n) is 3.38. The van der Waals surface area contributed by atoms with Gasteiger partial charge in [-0.15, -0.1) is 0 Å². The van der Waals surface area contributed by atoms with Gasteiger partial charge in [0.25, 0.3) is 0 Å². The average molecular weight is 425 g/mol. The Bertz CT molecular complexity index is 1000. The molecule has 0 fully saturated rings. The Hall–Kier alpha value is -3.68. The zero-order chi connectivity index (χ0) is 22.4. The molecular formula is C23H27N3O5.